The average Bonchev–Trinajstić information content (AvgIpc) is 2.07. The summed E-state index contributed by atoms with van der Waals surface area (Å²) in [5, 5.41) is 0.787. The van der Waals surface area contributed by atoms with Crippen LogP contribution in [0.1, 0.15) is 25.3 Å². The molecule has 0 nitrogen and oxygen atoms in total. The number of halogens is 2. The first-order valence-corrected chi connectivity index (χ1v) is 5.35. The maximum absolute atomic E-state index is 5.87. The van der Waals surface area contributed by atoms with Gasteiger partial charge in [-0.3, -0.25) is 0 Å². The first kappa shape index (κ1) is 10.1. The van der Waals surface area contributed by atoms with Crippen LogP contribution in [0.5, 0.6) is 0 Å². The van der Waals surface area contributed by atoms with Crippen LogP contribution in [0.15, 0.2) is 22.7 Å². The molecule has 0 fully saturated rings. The Kier molecular flexibility index (Phi) is 4.10. The van der Waals surface area contributed by atoms with Gasteiger partial charge in [0.2, 0.25) is 0 Å². The predicted octanol–water partition coefficient (Wildman–Crippen LogP) is 4.45. The molecule has 0 atom stereocenters. The van der Waals surface area contributed by atoms with Crippen molar-refractivity contribution in [2.75, 3.05) is 0 Å². The molecule has 0 bridgehead atoms. The molecule has 1 rings (SSSR count). The third-order valence-electron chi connectivity index (χ3n) is 1.80. The molecule has 0 aliphatic rings. The summed E-state index contributed by atoms with van der Waals surface area (Å²) in [5.41, 5.74) is 1.35. The number of unbranched alkanes of at least 4 members (excludes halogenated alkanes) is 1. The van der Waals surface area contributed by atoms with Crippen molar-refractivity contribution >= 4 is 27.5 Å². The van der Waals surface area contributed by atoms with E-state index >= 15 is 0 Å². The Hall–Kier alpha value is -0.0100. The van der Waals surface area contributed by atoms with Gasteiger partial charge in [0.05, 0.1) is 5.02 Å². The van der Waals surface area contributed by atoms with Crippen molar-refractivity contribution in [1.29, 1.82) is 0 Å². The topological polar surface area (TPSA) is 0 Å². The lowest BCUT2D eigenvalue weighted by Gasteiger charge is -2.01. The molecule has 0 aliphatic carbocycles. The zero-order valence-corrected chi connectivity index (χ0v) is 9.45. The molecule has 0 saturated heterocycles. The van der Waals surface area contributed by atoms with Gasteiger partial charge in [0.1, 0.15) is 0 Å². The summed E-state index contributed by atoms with van der Waals surface area (Å²) < 4.78 is 0.998. The fourth-order valence-electron chi connectivity index (χ4n) is 1.08. The van der Waals surface area contributed by atoms with Gasteiger partial charge in [-0.05, 0) is 46.5 Å². The van der Waals surface area contributed by atoms with E-state index in [1.807, 2.05) is 6.07 Å². The van der Waals surface area contributed by atoms with Gasteiger partial charge in [-0.25, -0.2) is 0 Å². The number of benzene rings is 1. The highest BCUT2D eigenvalue weighted by atomic mass is 79.9. The normalized spacial score (nSPS) is 10.2. The number of rotatable bonds is 3. The zero-order valence-electron chi connectivity index (χ0n) is 7.11. The van der Waals surface area contributed by atoms with Gasteiger partial charge in [0.25, 0.3) is 0 Å². The molecular formula is C10H12BrCl. The van der Waals surface area contributed by atoms with E-state index in [9.17, 15) is 0 Å². The van der Waals surface area contributed by atoms with Crippen LogP contribution in [0.25, 0.3) is 0 Å². The van der Waals surface area contributed by atoms with Gasteiger partial charge in [-0.2, -0.15) is 0 Å². The Labute approximate surface area is 87.1 Å². The second-order valence-corrected chi connectivity index (χ2v) is 4.11. The van der Waals surface area contributed by atoms with Gasteiger partial charge >= 0.3 is 0 Å². The highest BCUT2D eigenvalue weighted by molar-refractivity contribution is 9.10. The predicted molar refractivity (Wildman–Crippen MR) is 57.8 cm³/mol. The summed E-state index contributed by atoms with van der Waals surface area (Å²) >= 11 is 9.27. The molecule has 66 valence electrons. The molecule has 1 aromatic rings. The van der Waals surface area contributed by atoms with Crippen molar-refractivity contribution in [3.63, 3.8) is 0 Å². The van der Waals surface area contributed by atoms with E-state index in [1.165, 1.54) is 18.4 Å². The van der Waals surface area contributed by atoms with E-state index < -0.39 is 0 Å². The van der Waals surface area contributed by atoms with Crippen molar-refractivity contribution in [2.24, 2.45) is 0 Å². The molecule has 2 heteroatoms. The van der Waals surface area contributed by atoms with Crippen LogP contribution in [0.2, 0.25) is 5.02 Å². The molecule has 0 spiro atoms. The van der Waals surface area contributed by atoms with Gasteiger partial charge in [-0.15, -0.1) is 0 Å². The maximum atomic E-state index is 5.87. The summed E-state index contributed by atoms with van der Waals surface area (Å²) in [7, 11) is 0. The highest BCUT2D eigenvalue weighted by Crippen LogP contribution is 2.23. The van der Waals surface area contributed by atoms with Crippen molar-refractivity contribution in [3.05, 3.63) is 33.3 Å². The van der Waals surface area contributed by atoms with E-state index in [-0.39, 0.29) is 0 Å². The smallest absolute Gasteiger partial charge is 0.0548 e. The van der Waals surface area contributed by atoms with Gasteiger partial charge < -0.3 is 0 Å². The fraction of sp³-hybridized carbons (Fsp3) is 0.400. The monoisotopic (exact) mass is 246 g/mol. The van der Waals surface area contributed by atoms with Crippen molar-refractivity contribution in [1.82, 2.24) is 0 Å². The summed E-state index contributed by atoms with van der Waals surface area (Å²) in [5.74, 6) is 0. The lowest BCUT2D eigenvalue weighted by molar-refractivity contribution is 0.795. The lowest BCUT2D eigenvalue weighted by atomic mass is 10.1. The molecule has 0 aromatic heterocycles. The van der Waals surface area contributed by atoms with Crippen LogP contribution in [-0.2, 0) is 6.42 Å². The Bertz CT molecular complexity index is 258. The van der Waals surface area contributed by atoms with Gasteiger partial charge in [0.15, 0.2) is 0 Å². The fourth-order valence-corrected chi connectivity index (χ4v) is 1.62. The van der Waals surface area contributed by atoms with E-state index in [1.54, 1.807) is 0 Å². The summed E-state index contributed by atoms with van der Waals surface area (Å²) in [6, 6.07) is 6.12. The summed E-state index contributed by atoms with van der Waals surface area (Å²) in [6.07, 6.45) is 3.63. The third-order valence-corrected chi connectivity index (χ3v) is 3.02. The molecule has 12 heavy (non-hydrogen) atoms. The molecule has 0 saturated carbocycles. The zero-order chi connectivity index (χ0) is 8.97. The van der Waals surface area contributed by atoms with E-state index in [0.29, 0.717) is 0 Å². The molecule has 0 N–H and O–H groups in total. The standard InChI is InChI=1S/C10H12BrCl/c1-2-3-4-8-5-6-10(12)9(11)7-8/h5-7H,2-4H2,1H3. The molecular weight excluding hydrogens is 235 g/mol. The second-order valence-electron chi connectivity index (χ2n) is 2.85. The number of aryl methyl sites for hydroxylation is 1. The lowest BCUT2D eigenvalue weighted by Crippen LogP contribution is -1.84. The third kappa shape index (κ3) is 2.80. The van der Waals surface area contributed by atoms with Crippen molar-refractivity contribution in [3.8, 4) is 0 Å². The van der Waals surface area contributed by atoms with Crippen LogP contribution in [0.4, 0.5) is 0 Å². The number of hydrogen-bond donors (Lipinski definition) is 0. The van der Waals surface area contributed by atoms with Crippen LogP contribution in [0, 0.1) is 0 Å². The minimum absolute atomic E-state index is 0.787. The minimum Gasteiger partial charge on any atom is -0.0831 e. The largest absolute Gasteiger partial charge is 0.0831 e. The van der Waals surface area contributed by atoms with Crippen LogP contribution in [0.3, 0.4) is 0 Å². The van der Waals surface area contributed by atoms with Gasteiger partial charge in [-0.1, -0.05) is 31.0 Å². The van der Waals surface area contributed by atoms with Gasteiger partial charge in [0, 0.05) is 4.47 Å². The average molecular weight is 248 g/mol. The first-order valence-electron chi connectivity index (χ1n) is 4.18. The van der Waals surface area contributed by atoms with Crippen molar-refractivity contribution < 1.29 is 0 Å². The second kappa shape index (κ2) is 4.88. The number of hydrogen-bond acceptors (Lipinski definition) is 0. The van der Waals surface area contributed by atoms with Crippen LogP contribution >= 0.6 is 27.5 Å². The molecule has 0 aliphatic heterocycles. The summed E-state index contributed by atoms with van der Waals surface area (Å²) in [6.45, 7) is 2.20. The minimum atomic E-state index is 0.787. The van der Waals surface area contributed by atoms with Crippen molar-refractivity contribution in [2.45, 2.75) is 26.2 Å². The van der Waals surface area contributed by atoms with E-state index in [4.69, 9.17) is 11.6 Å². The Morgan fingerprint density at radius 1 is 1.42 bits per heavy atom. The SMILES string of the molecule is CCCCc1ccc(Cl)c(Br)c1. The molecule has 0 unspecified atom stereocenters. The first-order chi connectivity index (χ1) is 5.74. The van der Waals surface area contributed by atoms with E-state index in [0.717, 1.165) is 15.9 Å². The molecule has 0 amide bonds. The Balaban J connectivity index is 2.69. The summed E-state index contributed by atoms with van der Waals surface area (Å²) in [4.78, 5) is 0. The maximum Gasteiger partial charge on any atom is 0.0548 e. The Morgan fingerprint density at radius 3 is 2.75 bits per heavy atom. The molecule has 1 aromatic carbocycles. The quantitative estimate of drug-likeness (QED) is 0.740. The Morgan fingerprint density at radius 2 is 2.17 bits per heavy atom. The van der Waals surface area contributed by atoms with E-state index in [2.05, 4.69) is 35.0 Å². The molecule has 0 heterocycles. The highest BCUT2D eigenvalue weighted by Gasteiger charge is 1.97. The van der Waals surface area contributed by atoms with Crippen LogP contribution in [-0.4, -0.2) is 0 Å². The van der Waals surface area contributed by atoms with Crippen LogP contribution < -0.4 is 0 Å². The molecule has 0 radical (unpaired) electrons.